The van der Waals surface area contributed by atoms with E-state index in [-0.39, 0.29) is 12.4 Å². The average molecular weight is 265 g/mol. The summed E-state index contributed by atoms with van der Waals surface area (Å²) in [4.78, 5) is 2.15. The predicted molar refractivity (Wildman–Crippen MR) is 67.3 cm³/mol. The fourth-order valence-electron chi connectivity index (χ4n) is 1.78. The Kier molecular flexibility index (Phi) is 6.35. The van der Waals surface area contributed by atoms with Crippen LogP contribution in [-0.2, 0) is 14.8 Å². The standard InChI is InChI=1S/C10H23N3O3S/c1-12-4-2-5-13(7-6-12)17(14,15)10-9-16-8-3-11/h2-11H2,1H3. The number of hydrogen-bond donors (Lipinski definition) is 1. The third-order valence-corrected chi connectivity index (χ3v) is 4.65. The molecule has 0 saturated carbocycles. The van der Waals surface area contributed by atoms with Crippen LogP contribution in [0.25, 0.3) is 0 Å². The van der Waals surface area contributed by atoms with E-state index in [1.54, 1.807) is 4.31 Å². The Hall–Kier alpha value is -0.210. The monoisotopic (exact) mass is 265 g/mol. The number of ether oxygens (including phenoxy) is 1. The second-order valence-electron chi connectivity index (χ2n) is 4.27. The van der Waals surface area contributed by atoms with Crippen molar-refractivity contribution in [2.75, 3.05) is 58.7 Å². The van der Waals surface area contributed by atoms with Crippen LogP contribution in [0, 0.1) is 0 Å². The first-order chi connectivity index (χ1) is 8.06. The van der Waals surface area contributed by atoms with E-state index in [1.807, 2.05) is 7.05 Å². The topological polar surface area (TPSA) is 75.9 Å². The Morgan fingerprint density at radius 2 is 1.94 bits per heavy atom. The lowest BCUT2D eigenvalue weighted by Gasteiger charge is -2.20. The van der Waals surface area contributed by atoms with Crippen molar-refractivity contribution in [2.24, 2.45) is 5.73 Å². The Labute approximate surface area is 104 Å². The fourth-order valence-corrected chi connectivity index (χ4v) is 3.13. The second kappa shape index (κ2) is 7.27. The van der Waals surface area contributed by atoms with Gasteiger partial charge in [-0.15, -0.1) is 0 Å². The second-order valence-corrected chi connectivity index (χ2v) is 6.36. The summed E-state index contributed by atoms with van der Waals surface area (Å²) in [6, 6.07) is 0. The zero-order valence-corrected chi connectivity index (χ0v) is 11.3. The largest absolute Gasteiger partial charge is 0.379 e. The molecular formula is C10H23N3O3S. The van der Waals surface area contributed by atoms with E-state index in [0.717, 1.165) is 19.5 Å². The third-order valence-electron chi connectivity index (χ3n) is 2.82. The number of likely N-dealkylation sites (N-methyl/N-ethyl adjacent to an activating group) is 1. The van der Waals surface area contributed by atoms with Gasteiger partial charge < -0.3 is 15.4 Å². The van der Waals surface area contributed by atoms with Crippen molar-refractivity contribution in [1.29, 1.82) is 0 Å². The molecular weight excluding hydrogens is 242 g/mol. The van der Waals surface area contributed by atoms with Crippen molar-refractivity contribution in [2.45, 2.75) is 6.42 Å². The minimum Gasteiger partial charge on any atom is -0.379 e. The molecule has 1 rings (SSSR count). The number of nitrogens with two attached hydrogens (primary N) is 1. The Balaban J connectivity index is 2.40. The fraction of sp³-hybridized carbons (Fsp3) is 1.00. The summed E-state index contributed by atoms with van der Waals surface area (Å²) in [6.45, 7) is 4.01. The molecule has 0 aromatic heterocycles. The highest BCUT2D eigenvalue weighted by Gasteiger charge is 2.23. The summed E-state index contributed by atoms with van der Waals surface area (Å²) in [5.74, 6) is 0.0523. The van der Waals surface area contributed by atoms with Crippen molar-refractivity contribution >= 4 is 10.0 Å². The van der Waals surface area contributed by atoms with Crippen LogP contribution in [0.5, 0.6) is 0 Å². The highest BCUT2D eigenvalue weighted by atomic mass is 32.2. The van der Waals surface area contributed by atoms with Crippen LogP contribution in [0.15, 0.2) is 0 Å². The molecule has 0 aliphatic carbocycles. The Morgan fingerprint density at radius 1 is 1.18 bits per heavy atom. The molecule has 7 heteroatoms. The van der Waals surface area contributed by atoms with Crippen LogP contribution < -0.4 is 5.73 Å². The average Bonchev–Trinajstić information content (AvgIpc) is 2.50. The van der Waals surface area contributed by atoms with E-state index in [2.05, 4.69) is 4.90 Å². The Morgan fingerprint density at radius 3 is 2.65 bits per heavy atom. The van der Waals surface area contributed by atoms with Crippen molar-refractivity contribution in [1.82, 2.24) is 9.21 Å². The van der Waals surface area contributed by atoms with E-state index >= 15 is 0 Å². The van der Waals surface area contributed by atoms with Gasteiger partial charge in [0.05, 0.1) is 19.0 Å². The summed E-state index contributed by atoms with van der Waals surface area (Å²) in [7, 11) is -1.16. The number of hydrogen-bond acceptors (Lipinski definition) is 5. The maximum Gasteiger partial charge on any atom is 0.216 e. The molecule has 1 saturated heterocycles. The van der Waals surface area contributed by atoms with E-state index in [1.165, 1.54) is 0 Å². The molecule has 17 heavy (non-hydrogen) atoms. The van der Waals surface area contributed by atoms with E-state index < -0.39 is 10.0 Å². The molecule has 1 fully saturated rings. The lowest BCUT2D eigenvalue weighted by atomic mass is 10.4. The van der Waals surface area contributed by atoms with Crippen molar-refractivity contribution < 1.29 is 13.2 Å². The van der Waals surface area contributed by atoms with Crippen LogP contribution in [0.1, 0.15) is 6.42 Å². The summed E-state index contributed by atoms with van der Waals surface area (Å²) in [5.41, 5.74) is 5.27. The summed E-state index contributed by atoms with van der Waals surface area (Å²) >= 11 is 0. The molecule has 6 nitrogen and oxygen atoms in total. The molecule has 0 amide bonds. The highest BCUT2D eigenvalue weighted by molar-refractivity contribution is 7.89. The highest BCUT2D eigenvalue weighted by Crippen LogP contribution is 2.07. The molecule has 1 heterocycles. The number of rotatable bonds is 6. The molecule has 0 radical (unpaired) electrons. The molecule has 0 aromatic carbocycles. The first-order valence-electron chi connectivity index (χ1n) is 6.00. The third kappa shape index (κ3) is 5.31. The van der Waals surface area contributed by atoms with Crippen molar-refractivity contribution in [3.63, 3.8) is 0 Å². The molecule has 2 N–H and O–H groups in total. The van der Waals surface area contributed by atoms with Crippen LogP contribution in [0.2, 0.25) is 0 Å². The molecule has 0 unspecified atom stereocenters. The molecule has 0 aromatic rings. The normalized spacial score (nSPS) is 20.4. The molecule has 1 aliphatic rings. The minimum atomic E-state index is -3.17. The number of nitrogens with zero attached hydrogens (tertiary/aromatic N) is 2. The van der Waals surface area contributed by atoms with E-state index in [4.69, 9.17) is 10.5 Å². The smallest absolute Gasteiger partial charge is 0.216 e. The van der Waals surface area contributed by atoms with Crippen LogP contribution >= 0.6 is 0 Å². The van der Waals surface area contributed by atoms with Gasteiger partial charge in [0.15, 0.2) is 0 Å². The van der Waals surface area contributed by atoms with Gasteiger partial charge >= 0.3 is 0 Å². The van der Waals surface area contributed by atoms with Gasteiger partial charge in [-0.3, -0.25) is 0 Å². The minimum absolute atomic E-state index is 0.0523. The van der Waals surface area contributed by atoms with Crippen LogP contribution in [-0.4, -0.2) is 76.4 Å². The summed E-state index contributed by atoms with van der Waals surface area (Å²) in [5, 5.41) is 0. The predicted octanol–water partition coefficient (Wildman–Crippen LogP) is -1.07. The summed E-state index contributed by atoms with van der Waals surface area (Å²) in [6.07, 6.45) is 0.888. The van der Waals surface area contributed by atoms with Gasteiger partial charge in [0.25, 0.3) is 0 Å². The van der Waals surface area contributed by atoms with Crippen LogP contribution in [0.4, 0.5) is 0 Å². The lowest BCUT2D eigenvalue weighted by Crippen LogP contribution is -2.37. The first kappa shape index (κ1) is 14.8. The molecule has 102 valence electrons. The zero-order chi connectivity index (χ0) is 12.7. The van der Waals surface area contributed by atoms with Gasteiger partial charge in [0.2, 0.25) is 10.0 Å². The van der Waals surface area contributed by atoms with Gasteiger partial charge in [-0.25, -0.2) is 12.7 Å². The van der Waals surface area contributed by atoms with E-state index in [0.29, 0.717) is 26.2 Å². The van der Waals surface area contributed by atoms with Gasteiger partial charge in [0, 0.05) is 26.2 Å². The number of sulfonamides is 1. The zero-order valence-electron chi connectivity index (χ0n) is 10.5. The van der Waals surface area contributed by atoms with Crippen molar-refractivity contribution in [3.8, 4) is 0 Å². The first-order valence-corrected chi connectivity index (χ1v) is 7.61. The van der Waals surface area contributed by atoms with E-state index in [9.17, 15) is 8.42 Å². The molecule has 0 atom stereocenters. The summed E-state index contributed by atoms with van der Waals surface area (Å²) < 4.78 is 30.7. The quantitative estimate of drug-likeness (QED) is 0.619. The molecule has 0 bridgehead atoms. The molecule has 1 aliphatic heterocycles. The van der Waals surface area contributed by atoms with Gasteiger partial charge in [-0.2, -0.15) is 0 Å². The van der Waals surface area contributed by atoms with Gasteiger partial charge in [0.1, 0.15) is 0 Å². The Bertz CT molecular complexity index is 308. The maximum absolute atomic E-state index is 12.0. The van der Waals surface area contributed by atoms with Gasteiger partial charge in [-0.1, -0.05) is 0 Å². The molecule has 0 spiro atoms. The van der Waals surface area contributed by atoms with Crippen molar-refractivity contribution in [3.05, 3.63) is 0 Å². The SMILES string of the molecule is CN1CCCN(S(=O)(=O)CCOCCN)CC1. The lowest BCUT2D eigenvalue weighted by molar-refractivity contribution is 0.156. The maximum atomic E-state index is 12.0. The van der Waals surface area contributed by atoms with Crippen LogP contribution in [0.3, 0.4) is 0 Å². The van der Waals surface area contributed by atoms with Gasteiger partial charge in [-0.05, 0) is 20.0 Å².